The predicted octanol–water partition coefficient (Wildman–Crippen LogP) is 4.96. The van der Waals surface area contributed by atoms with Crippen LogP contribution in [0.5, 0.6) is 5.75 Å². The van der Waals surface area contributed by atoms with Gasteiger partial charge in [-0.25, -0.2) is 4.98 Å². The quantitative estimate of drug-likeness (QED) is 0.399. The number of anilines is 1. The Morgan fingerprint density at radius 3 is 2.61 bits per heavy atom. The first kappa shape index (κ1) is 24.1. The Hall–Kier alpha value is -4.31. The van der Waals surface area contributed by atoms with Gasteiger partial charge in [0.25, 0.3) is 5.91 Å². The summed E-state index contributed by atoms with van der Waals surface area (Å²) in [6, 6.07) is 15.4. The third-order valence-electron chi connectivity index (χ3n) is 7.45. The number of fused-ring (bicyclic) bond motifs is 6. The Labute approximate surface area is 217 Å². The lowest BCUT2D eigenvalue weighted by Gasteiger charge is -2.24. The summed E-state index contributed by atoms with van der Waals surface area (Å²) >= 11 is 0. The topological polar surface area (TPSA) is 102 Å². The summed E-state index contributed by atoms with van der Waals surface area (Å²) in [5, 5.41) is 2.84. The molecule has 1 aromatic heterocycles. The number of carbonyl (C=O) groups excluding carboxylic acids is 2. The number of hydrogen-bond donors (Lipinski definition) is 2. The number of halogens is 2. The SMILES string of the molecule is CC[C@@H]1c2nc3ccc(-c4ccc5c(c4)NC(=O)C5(C)N)cc3n2-c2c(OC(F)F)cccc2C(=O)N1C. The van der Waals surface area contributed by atoms with Gasteiger partial charge in [0.2, 0.25) is 5.91 Å². The van der Waals surface area contributed by atoms with Gasteiger partial charge in [-0.1, -0.05) is 31.2 Å². The molecule has 6 rings (SSSR count). The summed E-state index contributed by atoms with van der Waals surface area (Å²) in [4.78, 5) is 32.2. The molecule has 0 radical (unpaired) electrons. The van der Waals surface area contributed by atoms with Crippen molar-refractivity contribution in [3.05, 3.63) is 71.5 Å². The van der Waals surface area contributed by atoms with Gasteiger partial charge >= 0.3 is 6.61 Å². The zero-order valence-electron chi connectivity index (χ0n) is 21.0. The monoisotopic (exact) mass is 517 g/mol. The molecule has 2 atom stereocenters. The maximum absolute atomic E-state index is 13.4. The van der Waals surface area contributed by atoms with E-state index in [2.05, 4.69) is 5.32 Å². The molecule has 0 fully saturated rings. The highest BCUT2D eigenvalue weighted by Crippen LogP contribution is 2.42. The maximum Gasteiger partial charge on any atom is 0.387 e. The van der Waals surface area contributed by atoms with Crippen LogP contribution in [0.4, 0.5) is 14.5 Å². The number of carbonyl (C=O) groups is 2. The van der Waals surface area contributed by atoms with E-state index >= 15 is 0 Å². The summed E-state index contributed by atoms with van der Waals surface area (Å²) in [7, 11) is 1.69. The molecule has 3 aromatic carbocycles. The number of nitrogens with one attached hydrogen (secondary N) is 1. The van der Waals surface area contributed by atoms with Crippen molar-refractivity contribution in [3.63, 3.8) is 0 Å². The largest absolute Gasteiger partial charge is 0.433 e. The normalized spacial score (nSPS) is 20.3. The van der Waals surface area contributed by atoms with E-state index < -0.39 is 12.2 Å². The number of rotatable bonds is 4. The van der Waals surface area contributed by atoms with E-state index in [0.717, 1.165) is 11.1 Å². The first-order chi connectivity index (χ1) is 18.1. The van der Waals surface area contributed by atoms with Crippen molar-refractivity contribution in [2.75, 3.05) is 12.4 Å². The summed E-state index contributed by atoms with van der Waals surface area (Å²) in [6.07, 6.45) is 0.569. The Morgan fingerprint density at radius 1 is 1.13 bits per heavy atom. The number of nitrogens with zero attached hydrogens (tertiary/aromatic N) is 3. The van der Waals surface area contributed by atoms with Gasteiger partial charge in [0.1, 0.15) is 17.1 Å². The van der Waals surface area contributed by atoms with Crippen LogP contribution in [0.1, 0.15) is 48.1 Å². The average molecular weight is 518 g/mol. The molecule has 2 aliphatic rings. The smallest absolute Gasteiger partial charge is 0.387 e. The number of amides is 2. The molecule has 3 N–H and O–H groups in total. The third-order valence-corrected chi connectivity index (χ3v) is 7.45. The summed E-state index contributed by atoms with van der Waals surface area (Å²) in [5.74, 6) is -0.131. The van der Waals surface area contributed by atoms with E-state index in [1.54, 1.807) is 29.5 Å². The van der Waals surface area contributed by atoms with Crippen molar-refractivity contribution in [1.82, 2.24) is 14.5 Å². The highest BCUT2D eigenvalue weighted by atomic mass is 19.3. The van der Waals surface area contributed by atoms with Crippen LogP contribution >= 0.6 is 0 Å². The van der Waals surface area contributed by atoms with Crippen LogP contribution in [0.3, 0.4) is 0 Å². The third kappa shape index (κ3) is 3.40. The Morgan fingerprint density at radius 2 is 1.87 bits per heavy atom. The van der Waals surface area contributed by atoms with Gasteiger partial charge in [-0.05, 0) is 54.8 Å². The predicted molar refractivity (Wildman–Crippen MR) is 138 cm³/mol. The Kier molecular flexibility index (Phi) is 5.29. The molecule has 0 aliphatic carbocycles. The molecule has 0 saturated carbocycles. The number of aromatic nitrogens is 2. The van der Waals surface area contributed by atoms with Crippen molar-refractivity contribution >= 4 is 28.5 Å². The van der Waals surface area contributed by atoms with Crippen molar-refractivity contribution in [1.29, 1.82) is 0 Å². The highest BCUT2D eigenvalue weighted by Gasteiger charge is 2.39. The van der Waals surface area contributed by atoms with E-state index in [-0.39, 0.29) is 34.9 Å². The number of hydrogen-bond acceptors (Lipinski definition) is 5. The fourth-order valence-corrected chi connectivity index (χ4v) is 5.46. The number of imidazole rings is 1. The van der Waals surface area contributed by atoms with E-state index in [1.165, 1.54) is 12.1 Å². The number of benzene rings is 3. The second kappa shape index (κ2) is 8.35. The minimum absolute atomic E-state index is 0.107. The summed E-state index contributed by atoms with van der Waals surface area (Å²) < 4.78 is 33.5. The van der Waals surface area contributed by atoms with Gasteiger partial charge in [0, 0.05) is 18.3 Å². The standard InChI is InChI=1S/C28H25F2N5O3/c1-4-20-24-32-18-11-9-15(14-8-10-17-19(12-14)33-26(37)28(17,2)31)13-21(18)35(24)23-16(25(36)34(20)3)6-5-7-22(23)38-27(29)30/h5-13,20,27H,4,31H2,1-3H3,(H,33,37)/t20-,28?/m1/s1. The molecule has 0 saturated heterocycles. The minimum atomic E-state index is -3.07. The fraction of sp³-hybridized carbons (Fsp3) is 0.250. The minimum Gasteiger partial charge on any atom is -0.433 e. The van der Waals surface area contributed by atoms with Crippen molar-refractivity contribution < 1.29 is 23.1 Å². The number of ether oxygens (including phenoxy) is 1. The second-order valence-corrected chi connectivity index (χ2v) is 9.80. The molecule has 194 valence electrons. The van der Waals surface area contributed by atoms with Crippen molar-refractivity contribution in [2.24, 2.45) is 5.73 Å². The molecule has 2 amide bonds. The van der Waals surface area contributed by atoms with Crippen LogP contribution in [0.25, 0.3) is 27.8 Å². The molecule has 0 bridgehead atoms. The Bertz CT molecular complexity index is 1650. The van der Waals surface area contributed by atoms with E-state index in [0.29, 0.717) is 34.5 Å². The Balaban J connectivity index is 1.60. The summed E-state index contributed by atoms with van der Waals surface area (Å²) in [6.45, 7) is 0.545. The van der Waals surface area contributed by atoms with Gasteiger partial charge in [0.05, 0.1) is 22.6 Å². The fourth-order valence-electron chi connectivity index (χ4n) is 5.46. The van der Waals surface area contributed by atoms with Gasteiger partial charge in [-0.2, -0.15) is 8.78 Å². The molecule has 8 nitrogen and oxygen atoms in total. The van der Waals surface area contributed by atoms with E-state index in [4.69, 9.17) is 15.5 Å². The first-order valence-electron chi connectivity index (χ1n) is 12.2. The molecule has 10 heteroatoms. The van der Waals surface area contributed by atoms with Crippen molar-refractivity contribution in [2.45, 2.75) is 38.5 Å². The van der Waals surface area contributed by atoms with Gasteiger partial charge in [-0.15, -0.1) is 0 Å². The zero-order chi connectivity index (χ0) is 26.9. The molecule has 0 spiro atoms. The second-order valence-electron chi connectivity index (χ2n) is 9.80. The molecular weight excluding hydrogens is 492 g/mol. The van der Waals surface area contributed by atoms with Crippen LogP contribution in [-0.4, -0.2) is 39.9 Å². The summed E-state index contributed by atoms with van der Waals surface area (Å²) in [5.41, 5.74) is 9.83. The number of nitrogens with two attached hydrogens (primary N) is 1. The van der Waals surface area contributed by atoms with Gasteiger partial charge < -0.3 is 20.7 Å². The van der Waals surface area contributed by atoms with Gasteiger partial charge in [0.15, 0.2) is 5.75 Å². The van der Waals surface area contributed by atoms with Crippen molar-refractivity contribution in [3.8, 4) is 22.6 Å². The van der Waals surface area contributed by atoms with Crippen LogP contribution in [0.2, 0.25) is 0 Å². The van der Waals surface area contributed by atoms with Gasteiger partial charge in [-0.3, -0.25) is 14.2 Å². The van der Waals surface area contributed by atoms with E-state index in [1.807, 2.05) is 43.3 Å². The van der Waals surface area contributed by atoms with E-state index in [9.17, 15) is 18.4 Å². The molecule has 2 aliphatic heterocycles. The highest BCUT2D eigenvalue weighted by molar-refractivity contribution is 6.06. The lowest BCUT2D eigenvalue weighted by Crippen LogP contribution is -2.40. The molecular formula is C28H25F2N5O3. The maximum atomic E-state index is 13.4. The molecule has 1 unspecified atom stereocenters. The van der Waals surface area contributed by atoms with Crippen LogP contribution in [0, 0.1) is 0 Å². The average Bonchev–Trinajstić information content (AvgIpc) is 3.33. The lowest BCUT2D eigenvalue weighted by molar-refractivity contribution is -0.120. The molecule has 4 aromatic rings. The molecule has 3 heterocycles. The van der Waals surface area contributed by atoms with Crippen LogP contribution in [-0.2, 0) is 10.3 Å². The number of para-hydroxylation sites is 1. The number of alkyl halides is 2. The lowest BCUT2D eigenvalue weighted by atomic mass is 9.93. The van der Waals surface area contributed by atoms with Crippen LogP contribution in [0.15, 0.2) is 54.6 Å². The van der Waals surface area contributed by atoms with Crippen LogP contribution < -0.4 is 15.8 Å². The molecule has 38 heavy (non-hydrogen) atoms. The zero-order valence-corrected chi connectivity index (χ0v) is 21.0. The first-order valence-corrected chi connectivity index (χ1v) is 12.2.